The standard InChI is InChI=1S/C15H17N5O/c1-2-7-20-10-16-8-14(20)9-17-13-5-3-12(4-6-13)15-19-18-11-21-15/h3-6,8,10-11,17H,2,7,9H2,1H3. The zero-order valence-corrected chi connectivity index (χ0v) is 11.9. The summed E-state index contributed by atoms with van der Waals surface area (Å²) in [4.78, 5) is 4.20. The van der Waals surface area contributed by atoms with Crippen LogP contribution in [-0.4, -0.2) is 19.7 Å². The Balaban J connectivity index is 1.64. The molecule has 2 aromatic heterocycles. The van der Waals surface area contributed by atoms with Gasteiger partial charge in [0.2, 0.25) is 12.3 Å². The van der Waals surface area contributed by atoms with E-state index >= 15 is 0 Å². The number of imidazole rings is 1. The molecule has 0 saturated heterocycles. The van der Waals surface area contributed by atoms with Crippen LogP contribution in [0.1, 0.15) is 19.0 Å². The molecule has 6 nitrogen and oxygen atoms in total. The first-order chi connectivity index (χ1) is 10.4. The number of anilines is 1. The number of nitrogens with one attached hydrogen (secondary N) is 1. The second-order valence-corrected chi connectivity index (χ2v) is 4.75. The molecule has 0 aliphatic carbocycles. The minimum atomic E-state index is 0.530. The smallest absolute Gasteiger partial charge is 0.247 e. The number of hydrogen-bond acceptors (Lipinski definition) is 5. The van der Waals surface area contributed by atoms with Crippen LogP contribution in [0.5, 0.6) is 0 Å². The second-order valence-electron chi connectivity index (χ2n) is 4.75. The van der Waals surface area contributed by atoms with E-state index < -0.39 is 0 Å². The fraction of sp³-hybridized carbons (Fsp3) is 0.267. The summed E-state index contributed by atoms with van der Waals surface area (Å²) in [5.74, 6) is 0.530. The van der Waals surface area contributed by atoms with Crippen LogP contribution >= 0.6 is 0 Å². The van der Waals surface area contributed by atoms with Gasteiger partial charge in [0.05, 0.1) is 18.6 Å². The van der Waals surface area contributed by atoms with Crippen LogP contribution in [-0.2, 0) is 13.1 Å². The lowest BCUT2D eigenvalue weighted by Crippen LogP contribution is -2.06. The molecule has 0 aliphatic heterocycles. The molecule has 0 aliphatic rings. The van der Waals surface area contributed by atoms with E-state index in [2.05, 4.69) is 32.0 Å². The zero-order valence-electron chi connectivity index (χ0n) is 11.9. The van der Waals surface area contributed by atoms with Gasteiger partial charge in [0.15, 0.2) is 0 Å². The van der Waals surface area contributed by atoms with E-state index in [9.17, 15) is 0 Å². The molecular weight excluding hydrogens is 266 g/mol. The molecule has 0 radical (unpaired) electrons. The number of nitrogens with zero attached hydrogens (tertiary/aromatic N) is 4. The average Bonchev–Trinajstić information content (AvgIpc) is 3.18. The van der Waals surface area contributed by atoms with Gasteiger partial charge in [-0.25, -0.2) is 4.98 Å². The first-order valence-corrected chi connectivity index (χ1v) is 6.96. The third-order valence-corrected chi connectivity index (χ3v) is 3.23. The van der Waals surface area contributed by atoms with E-state index in [4.69, 9.17) is 4.42 Å². The van der Waals surface area contributed by atoms with Crippen molar-refractivity contribution in [3.63, 3.8) is 0 Å². The van der Waals surface area contributed by atoms with Crippen LogP contribution in [0.3, 0.4) is 0 Å². The summed E-state index contributed by atoms with van der Waals surface area (Å²) < 4.78 is 7.33. The van der Waals surface area contributed by atoms with E-state index in [-0.39, 0.29) is 0 Å². The third-order valence-electron chi connectivity index (χ3n) is 3.23. The molecular formula is C15H17N5O. The molecule has 0 fully saturated rings. The highest BCUT2D eigenvalue weighted by Gasteiger charge is 2.04. The minimum Gasteiger partial charge on any atom is -0.423 e. The van der Waals surface area contributed by atoms with Crippen LogP contribution < -0.4 is 5.32 Å². The summed E-state index contributed by atoms with van der Waals surface area (Å²) in [6.07, 6.45) is 6.20. The Morgan fingerprint density at radius 3 is 2.81 bits per heavy atom. The van der Waals surface area contributed by atoms with Crippen molar-refractivity contribution < 1.29 is 4.42 Å². The molecule has 0 atom stereocenters. The normalized spacial score (nSPS) is 10.7. The molecule has 108 valence electrons. The van der Waals surface area contributed by atoms with Crippen LogP contribution in [0.4, 0.5) is 5.69 Å². The monoisotopic (exact) mass is 283 g/mol. The number of aryl methyl sites for hydroxylation is 1. The molecule has 21 heavy (non-hydrogen) atoms. The fourth-order valence-corrected chi connectivity index (χ4v) is 2.16. The Hall–Kier alpha value is -2.63. The van der Waals surface area contributed by atoms with E-state index in [1.165, 1.54) is 12.1 Å². The second kappa shape index (κ2) is 6.21. The molecule has 6 heteroatoms. The lowest BCUT2D eigenvalue weighted by molar-refractivity contribution is 0.568. The molecule has 0 spiro atoms. The zero-order chi connectivity index (χ0) is 14.5. The van der Waals surface area contributed by atoms with Crippen molar-refractivity contribution in [2.45, 2.75) is 26.4 Å². The van der Waals surface area contributed by atoms with Gasteiger partial charge in [-0.1, -0.05) is 6.92 Å². The number of rotatable bonds is 6. The predicted octanol–water partition coefficient (Wildman–Crippen LogP) is 2.96. The van der Waals surface area contributed by atoms with Gasteiger partial charge in [-0.15, -0.1) is 10.2 Å². The van der Waals surface area contributed by atoms with Gasteiger partial charge in [-0.3, -0.25) is 0 Å². The predicted molar refractivity (Wildman–Crippen MR) is 79.6 cm³/mol. The topological polar surface area (TPSA) is 68.8 Å². The highest BCUT2D eigenvalue weighted by molar-refractivity contribution is 5.58. The highest BCUT2D eigenvalue weighted by Crippen LogP contribution is 2.19. The van der Waals surface area contributed by atoms with Crippen LogP contribution in [0, 0.1) is 0 Å². The van der Waals surface area contributed by atoms with E-state index in [1.54, 1.807) is 0 Å². The highest BCUT2D eigenvalue weighted by atomic mass is 16.4. The third kappa shape index (κ3) is 3.10. The first kappa shape index (κ1) is 13.4. The molecule has 0 saturated carbocycles. The summed E-state index contributed by atoms with van der Waals surface area (Å²) in [5, 5.41) is 11.0. The van der Waals surface area contributed by atoms with Crippen molar-refractivity contribution in [2.24, 2.45) is 0 Å². The number of benzene rings is 1. The van der Waals surface area contributed by atoms with Gasteiger partial charge < -0.3 is 14.3 Å². The molecule has 2 heterocycles. The van der Waals surface area contributed by atoms with Gasteiger partial charge in [0, 0.05) is 24.0 Å². The maximum Gasteiger partial charge on any atom is 0.247 e. The maximum atomic E-state index is 5.17. The van der Waals surface area contributed by atoms with E-state index in [1.807, 2.05) is 36.8 Å². The van der Waals surface area contributed by atoms with Gasteiger partial charge >= 0.3 is 0 Å². The molecule has 0 bridgehead atoms. The van der Waals surface area contributed by atoms with Crippen molar-refractivity contribution in [3.05, 3.63) is 48.9 Å². The lowest BCUT2D eigenvalue weighted by atomic mass is 10.2. The number of hydrogen-bond donors (Lipinski definition) is 1. The van der Waals surface area contributed by atoms with Crippen molar-refractivity contribution in [3.8, 4) is 11.5 Å². The Bertz CT molecular complexity index is 672. The molecule has 1 aromatic carbocycles. The Labute approximate surface area is 122 Å². The van der Waals surface area contributed by atoms with Crippen LogP contribution in [0.2, 0.25) is 0 Å². The van der Waals surface area contributed by atoms with Crippen molar-refractivity contribution >= 4 is 5.69 Å². The number of aromatic nitrogens is 4. The van der Waals surface area contributed by atoms with Crippen molar-refractivity contribution in [1.29, 1.82) is 0 Å². The Morgan fingerprint density at radius 1 is 1.24 bits per heavy atom. The summed E-state index contributed by atoms with van der Waals surface area (Å²) in [6.45, 7) is 3.90. The lowest BCUT2D eigenvalue weighted by Gasteiger charge is -2.09. The quantitative estimate of drug-likeness (QED) is 0.753. The molecule has 1 N–H and O–H groups in total. The minimum absolute atomic E-state index is 0.530. The molecule has 3 aromatic rings. The molecule has 3 rings (SSSR count). The maximum absolute atomic E-state index is 5.17. The fourth-order valence-electron chi connectivity index (χ4n) is 2.16. The van der Waals surface area contributed by atoms with E-state index in [0.29, 0.717) is 5.89 Å². The average molecular weight is 283 g/mol. The Morgan fingerprint density at radius 2 is 2.10 bits per heavy atom. The first-order valence-electron chi connectivity index (χ1n) is 6.96. The summed E-state index contributed by atoms with van der Waals surface area (Å²) >= 11 is 0. The van der Waals surface area contributed by atoms with Crippen LogP contribution in [0.25, 0.3) is 11.5 Å². The van der Waals surface area contributed by atoms with Gasteiger partial charge in [-0.05, 0) is 30.7 Å². The Kier molecular flexibility index (Phi) is 3.95. The molecule has 0 amide bonds. The van der Waals surface area contributed by atoms with Crippen LogP contribution in [0.15, 0.2) is 47.6 Å². The summed E-state index contributed by atoms with van der Waals surface area (Å²) in [7, 11) is 0. The van der Waals surface area contributed by atoms with Crippen molar-refractivity contribution in [2.75, 3.05) is 5.32 Å². The largest absolute Gasteiger partial charge is 0.423 e. The van der Waals surface area contributed by atoms with E-state index in [0.717, 1.165) is 30.8 Å². The van der Waals surface area contributed by atoms with Gasteiger partial charge in [0.25, 0.3) is 0 Å². The summed E-state index contributed by atoms with van der Waals surface area (Å²) in [6, 6.07) is 7.92. The molecule has 0 unspecified atom stereocenters. The van der Waals surface area contributed by atoms with Crippen molar-refractivity contribution in [1.82, 2.24) is 19.7 Å². The van der Waals surface area contributed by atoms with Gasteiger partial charge in [0.1, 0.15) is 0 Å². The van der Waals surface area contributed by atoms with Gasteiger partial charge in [-0.2, -0.15) is 0 Å². The SMILES string of the molecule is CCCn1cncc1CNc1ccc(-c2nnco2)cc1. The summed E-state index contributed by atoms with van der Waals surface area (Å²) in [5.41, 5.74) is 3.13.